The van der Waals surface area contributed by atoms with Crippen LogP contribution < -0.4 is 4.74 Å². The SMILES string of the molecule is C=C/C=C(\C)Oc1c(C)cc(F)cc1C. The second-order valence-corrected chi connectivity index (χ2v) is 3.48. The molecular formula is C13H15FO. The molecule has 0 aliphatic carbocycles. The molecule has 80 valence electrons. The molecule has 0 fully saturated rings. The third-order valence-electron chi connectivity index (χ3n) is 2.04. The van der Waals surface area contributed by atoms with E-state index in [4.69, 9.17) is 4.74 Å². The van der Waals surface area contributed by atoms with Crippen LogP contribution in [0.2, 0.25) is 0 Å². The summed E-state index contributed by atoms with van der Waals surface area (Å²) in [5, 5.41) is 0. The molecule has 0 bridgehead atoms. The van der Waals surface area contributed by atoms with Crippen LogP contribution in [0.1, 0.15) is 18.1 Å². The largest absolute Gasteiger partial charge is 0.461 e. The van der Waals surface area contributed by atoms with Crippen molar-refractivity contribution in [1.82, 2.24) is 0 Å². The third-order valence-corrected chi connectivity index (χ3v) is 2.04. The number of ether oxygens (including phenoxy) is 1. The molecule has 1 rings (SSSR count). The molecule has 0 saturated carbocycles. The van der Waals surface area contributed by atoms with Crippen LogP contribution in [0.5, 0.6) is 5.75 Å². The monoisotopic (exact) mass is 206 g/mol. The van der Waals surface area contributed by atoms with Crippen LogP contribution in [-0.2, 0) is 0 Å². The predicted molar refractivity (Wildman–Crippen MR) is 60.5 cm³/mol. The fourth-order valence-electron chi connectivity index (χ4n) is 1.42. The average molecular weight is 206 g/mol. The Hall–Kier alpha value is -1.57. The Kier molecular flexibility index (Phi) is 3.67. The van der Waals surface area contributed by atoms with E-state index in [2.05, 4.69) is 6.58 Å². The van der Waals surface area contributed by atoms with Gasteiger partial charge >= 0.3 is 0 Å². The van der Waals surface area contributed by atoms with Crippen molar-refractivity contribution in [3.8, 4) is 5.75 Å². The molecule has 0 saturated heterocycles. The highest BCUT2D eigenvalue weighted by Crippen LogP contribution is 2.25. The van der Waals surface area contributed by atoms with Gasteiger partial charge in [0.2, 0.25) is 0 Å². The van der Waals surface area contributed by atoms with Crippen molar-refractivity contribution < 1.29 is 9.13 Å². The molecule has 0 atom stereocenters. The number of allylic oxidation sites excluding steroid dienone is 3. The van der Waals surface area contributed by atoms with Gasteiger partial charge in [0.1, 0.15) is 17.3 Å². The molecule has 0 aliphatic heterocycles. The van der Waals surface area contributed by atoms with Gasteiger partial charge in [0, 0.05) is 0 Å². The van der Waals surface area contributed by atoms with Crippen molar-refractivity contribution in [3.05, 3.63) is 53.6 Å². The average Bonchev–Trinajstić information content (AvgIpc) is 2.11. The number of hydrogen-bond donors (Lipinski definition) is 0. The fraction of sp³-hybridized carbons (Fsp3) is 0.231. The van der Waals surface area contributed by atoms with Gasteiger partial charge in [0.05, 0.1) is 0 Å². The van der Waals surface area contributed by atoms with Gasteiger partial charge in [-0.25, -0.2) is 4.39 Å². The molecule has 0 spiro atoms. The molecule has 0 aromatic heterocycles. The van der Waals surface area contributed by atoms with Crippen LogP contribution in [0.15, 0.2) is 36.6 Å². The van der Waals surface area contributed by atoms with E-state index in [9.17, 15) is 4.39 Å². The van der Waals surface area contributed by atoms with E-state index in [1.165, 1.54) is 12.1 Å². The second-order valence-electron chi connectivity index (χ2n) is 3.48. The lowest BCUT2D eigenvalue weighted by atomic mass is 10.1. The van der Waals surface area contributed by atoms with Crippen LogP contribution in [0.25, 0.3) is 0 Å². The van der Waals surface area contributed by atoms with Crippen LogP contribution >= 0.6 is 0 Å². The van der Waals surface area contributed by atoms with Crippen molar-refractivity contribution in [3.63, 3.8) is 0 Å². The normalized spacial score (nSPS) is 11.3. The maximum absolute atomic E-state index is 13.0. The first-order valence-electron chi connectivity index (χ1n) is 4.78. The van der Waals surface area contributed by atoms with Crippen LogP contribution in [0.4, 0.5) is 4.39 Å². The van der Waals surface area contributed by atoms with Gasteiger partial charge < -0.3 is 4.74 Å². The summed E-state index contributed by atoms with van der Waals surface area (Å²) in [5.74, 6) is 1.22. The van der Waals surface area contributed by atoms with Gasteiger partial charge in [-0.05, 0) is 50.1 Å². The molecule has 1 aromatic rings. The minimum Gasteiger partial charge on any atom is -0.461 e. The van der Waals surface area contributed by atoms with Gasteiger partial charge in [-0.3, -0.25) is 0 Å². The van der Waals surface area contributed by atoms with Crippen molar-refractivity contribution in [2.45, 2.75) is 20.8 Å². The fourth-order valence-corrected chi connectivity index (χ4v) is 1.42. The summed E-state index contributed by atoms with van der Waals surface area (Å²) in [5.41, 5.74) is 1.59. The first kappa shape index (κ1) is 11.5. The molecule has 1 nitrogen and oxygen atoms in total. The Morgan fingerprint density at radius 2 is 1.87 bits per heavy atom. The second kappa shape index (κ2) is 4.78. The van der Waals surface area contributed by atoms with Crippen LogP contribution in [0, 0.1) is 19.7 Å². The Morgan fingerprint density at radius 1 is 1.33 bits per heavy atom. The predicted octanol–water partition coefficient (Wildman–Crippen LogP) is 3.91. The quantitative estimate of drug-likeness (QED) is 0.538. The lowest BCUT2D eigenvalue weighted by molar-refractivity contribution is 0.420. The molecule has 0 N–H and O–H groups in total. The van der Waals surface area contributed by atoms with Crippen molar-refractivity contribution in [1.29, 1.82) is 0 Å². The maximum atomic E-state index is 13.0. The van der Waals surface area contributed by atoms with Gasteiger partial charge in [-0.2, -0.15) is 0 Å². The topological polar surface area (TPSA) is 9.23 Å². The molecule has 15 heavy (non-hydrogen) atoms. The minimum absolute atomic E-state index is 0.234. The summed E-state index contributed by atoms with van der Waals surface area (Å²) in [6.45, 7) is 9.07. The molecule has 0 radical (unpaired) electrons. The standard InChI is InChI=1S/C13H15FO/c1-5-6-11(4)15-13-9(2)7-12(14)8-10(13)3/h5-8H,1H2,2-4H3/b11-6+. The van der Waals surface area contributed by atoms with Crippen molar-refractivity contribution >= 4 is 0 Å². The first-order valence-corrected chi connectivity index (χ1v) is 4.78. The molecular weight excluding hydrogens is 191 g/mol. The van der Waals surface area contributed by atoms with E-state index in [0.717, 1.165) is 16.9 Å². The summed E-state index contributed by atoms with van der Waals surface area (Å²) in [4.78, 5) is 0. The molecule has 2 heteroatoms. The number of benzene rings is 1. The Bertz CT molecular complexity index is 382. The van der Waals surface area contributed by atoms with Crippen LogP contribution in [-0.4, -0.2) is 0 Å². The van der Waals surface area contributed by atoms with Gasteiger partial charge in [0.15, 0.2) is 0 Å². The molecule has 0 amide bonds. The first-order chi connectivity index (χ1) is 7.04. The third kappa shape index (κ3) is 2.94. The van der Waals surface area contributed by atoms with Crippen LogP contribution in [0.3, 0.4) is 0 Å². The molecule has 0 aliphatic rings. The summed E-state index contributed by atoms with van der Waals surface area (Å²) in [6.07, 6.45) is 3.42. The summed E-state index contributed by atoms with van der Waals surface area (Å²) in [7, 11) is 0. The molecule has 0 unspecified atom stereocenters. The highest BCUT2D eigenvalue weighted by atomic mass is 19.1. The smallest absolute Gasteiger partial charge is 0.132 e. The Labute approximate surface area is 89.9 Å². The van der Waals surface area contributed by atoms with Gasteiger partial charge in [-0.1, -0.05) is 12.7 Å². The zero-order chi connectivity index (χ0) is 11.4. The lowest BCUT2D eigenvalue weighted by Gasteiger charge is -2.11. The summed E-state index contributed by atoms with van der Waals surface area (Å²) < 4.78 is 18.6. The summed E-state index contributed by atoms with van der Waals surface area (Å²) >= 11 is 0. The lowest BCUT2D eigenvalue weighted by Crippen LogP contribution is -1.96. The number of rotatable bonds is 3. The van der Waals surface area contributed by atoms with E-state index < -0.39 is 0 Å². The van der Waals surface area contributed by atoms with Crippen molar-refractivity contribution in [2.75, 3.05) is 0 Å². The summed E-state index contributed by atoms with van der Waals surface area (Å²) in [6, 6.07) is 2.92. The highest BCUT2D eigenvalue weighted by Gasteiger charge is 2.06. The molecule has 1 aromatic carbocycles. The van der Waals surface area contributed by atoms with E-state index in [1.54, 1.807) is 12.2 Å². The van der Waals surface area contributed by atoms with Gasteiger partial charge in [0.25, 0.3) is 0 Å². The number of aryl methyl sites for hydroxylation is 2. The Morgan fingerprint density at radius 3 is 2.33 bits per heavy atom. The van der Waals surface area contributed by atoms with E-state index in [-0.39, 0.29) is 5.82 Å². The number of halogens is 1. The Balaban J connectivity index is 3.05. The molecule has 0 heterocycles. The van der Waals surface area contributed by atoms with E-state index >= 15 is 0 Å². The maximum Gasteiger partial charge on any atom is 0.132 e. The zero-order valence-corrected chi connectivity index (χ0v) is 9.30. The minimum atomic E-state index is -0.234. The van der Waals surface area contributed by atoms with Crippen molar-refractivity contribution in [2.24, 2.45) is 0 Å². The van der Waals surface area contributed by atoms with E-state index in [0.29, 0.717) is 5.75 Å². The highest BCUT2D eigenvalue weighted by molar-refractivity contribution is 5.41. The number of hydrogen-bond acceptors (Lipinski definition) is 1. The van der Waals surface area contributed by atoms with Gasteiger partial charge in [-0.15, -0.1) is 0 Å². The van der Waals surface area contributed by atoms with E-state index in [1.807, 2.05) is 20.8 Å². The zero-order valence-electron chi connectivity index (χ0n) is 9.30.